The van der Waals surface area contributed by atoms with Crippen LogP contribution in [0.5, 0.6) is 0 Å². The Morgan fingerprint density at radius 3 is 3.11 bits per heavy atom. The van der Waals surface area contributed by atoms with E-state index in [0.29, 0.717) is 12.6 Å². The third kappa shape index (κ3) is 4.18. The number of hydrogen-bond acceptors (Lipinski definition) is 5. The van der Waals surface area contributed by atoms with Gasteiger partial charge in [-0.15, -0.1) is 11.3 Å². The molecule has 0 fully saturated rings. The van der Waals surface area contributed by atoms with Crippen molar-refractivity contribution >= 4 is 17.3 Å². The lowest BCUT2D eigenvalue weighted by atomic mass is 10.1. The molecular weight excluding hydrogens is 264 g/mol. The van der Waals surface area contributed by atoms with E-state index in [9.17, 15) is 4.79 Å². The molecule has 2 aromatic heterocycles. The second-order valence-corrected chi connectivity index (χ2v) is 5.21. The van der Waals surface area contributed by atoms with E-state index < -0.39 is 5.97 Å². The van der Waals surface area contributed by atoms with Gasteiger partial charge < -0.3 is 14.8 Å². The molecular formula is C13H16N2O3S. The van der Waals surface area contributed by atoms with Crippen molar-refractivity contribution in [2.24, 2.45) is 0 Å². The Kier molecular flexibility index (Phi) is 4.70. The summed E-state index contributed by atoms with van der Waals surface area (Å²) in [6.07, 6.45) is 3.53. The first kappa shape index (κ1) is 13.8. The molecule has 0 amide bonds. The van der Waals surface area contributed by atoms with Crippen LogP contribution in [0.1, 0.15) is 34.6 Å². The lowest BCUT2D eigenvalue weighted by Gasteiger charge is -2.11. The molecule has 5 nitrogen and oxygen atoms in total. The third-order valence-corrected chi connectivity index (χ3v) is 3.65. The van der Waals surface area contributed by atoms with Gasteiger partial charge in [-0.3, -0.25) is 0 Å². The number of carbonyl (C=O) groups is 1. The number of furan rings is 1. The summed E-state index contributed by atoms with van der Waals surface area (Å²) in [4.78, 5) is 14.7. The predicted octanol–water partition coefficient (Wildman–Crippen LogP) is 2.55. The largest absolute Gasteiger partial charge is 0.476 e. The summed E-state index contributed by atoms with van der Waals surface area (Å²) in [7, 11) is 0. The van der Waals surface area contributed by atoms with Crippen molar-refractivity contribution in [3.63, 3.8) is 0 Å². The second kappa shape index (κ2) is 6.49. The molecule has 2 rings (SSSR count). The number of carboxylic acid groups (broad SMARTS) is 1. The van der Waals surface area contributed by atoms with Crippen molar-refractivity contribution in [3.05, 3.63) is 40.2 Å². The van der Waals surface area contributed by atoms with Gasteiger partial charge in [0.1, 0.15) is 5.76 Å². The molecule has 0 spiro atoms. The number of nitrogens with one attached hydrogen (secondary N) is 1. The molecule has 1 atom stereocenters. The van der Waals surface area contributed by atoms with Crippen LogP contribution in [0, 0.1) is 0 Å². The molecule has 19 heavy (non-hydrogen) atoms. The van der Waals surface area contributed by atoms with Gasteiger partial charge in [0, 0.05) is 24.4 Å². The Morgan fingerprint density at radius 2 is 2.47 bits per heavy atom. The first-order valence-electron chi connectivity index (χ1n) is 6.08. The highest BCUT2D eigenvalue weighted by atomic mass is 32.1. The molecule has 0 aliphatic carbocycles. The van der Waals surface area contributed by atoms with Crippen LogP contribution >= 0.6 is 11.3 Å². The number of carboxylic acids is 1. The molecule has 0 aliphatic heterocycles. The quantitative estimate of drug-likeness (QED) is 0.815. The predicted molar refractivity (Wildman–Crippen MR) is 72.4 cm³/mol. The smallest absolute Gasteiger partial charge is 0.365 e. The SMILES string of the molecule is CC(CCc1ccco1)NCc1csc(C(=O)O)n1. The van der Waals surface area contributed by atoms with Gasteiger partial charge >= 0.3 is 5.97 Å². The average Bonchev–Trinajstić information content (AvgIpc) is 3.05. The number of rotatable bonds is 7. The third-order valence-electron chi connectivity index (χ3n) is 2.77. The summed E-state index contributed by atoms with van der Waals surface area (Å²) in [5.74, 6) is 0.0117. The number of nitrogens with zero attached hydrogens (tertiary/aromatic N) is 1. The van der Waals surface area contributed by atoms with Crippen LogP contribution in [-0.4, -0.2) is 22.1 Å². The minimum atomic E-state index is -0.970. The normalized spacial score (nSPS) is 12.5. The van der Waals surface area contributed by atoms with E-state index in [4.69, 9.17) is 9.52 Å². The Balaban J connectivity index is 1.73. The molecule has 2 heterocycles. The van der Waals surface area contributed by atoms with Crippen molar-refractivity contribution in [2.75, 3.05) is 0 Å². The lowest BCUT2D eigenvalue weighted by Crippen LogP contribution is -2.26. The number of aromatic nitrogens is 1. The van der Waals surface area contributed by atoms with Crippen molar-refractivity contribution in [1.29, 1.82) is 0 Å². The van der Waals surface area contributed by atoms with E-state index in [-0.39, 0.29) is 5.01 Å². The molecule has 0 radical (unpaired) electrons. The van der Waals surface area contributed by atoms with Gasteiger partial charge in [0.2, 0.25) is 5.01 Å². The number of aryl methyl sites for hydroxylation is 1. The summed E-state index contributed by atoms with van der Waals surface area (Å²) in [5, 5.41) is 14.0. The number of thiazole rings is 1. The first-order chi connectivity index (χ1) is 9.15. The van der Waals surface area contributed by atoms with Crippen LogP contribution in [0.3, 0.4) is 0 Å². The van der Waals surface area contributed by atoms with E-state index in [1.807, 2.05) is 12.1 Å². The molecule has 2 N–H and O–H groups in total. The molecule has 0 saturated heterocycles. The van der Waals surface area contributed by atoms with Crippen LogP contribution in [0.15, 0.2) is 28.2 Å². The minimum Gasteiger partial charge on any atom is -0.476 e. The highest BCUT2D eigenvalue weighted by molar-refractivity contribution is 7.11. The van der Waals surface area contributed by atoms with Crippen LogP contribution < -0.4 is 5.32 Å². The summed E-state index contributed by atoms with van der Waals surface area (Å²) in [5.41, 5.74) is 0.771. The topological polar surface area (TPSA) is 75.4 Å². The Bertz CT molecular complexity index is 522. The van der Waals surface area contributed by atoms with Gasteiger partial charge in [-0.05, 0) is 25.5 Å². The fraction of sp³-hybridized carbons (Fsp3) is 0.385. The zero-order valence-electron chi connectivity index (χ0n) is 10.6. The minimum absolute atomic E-state index is 0.139. The van der Waals surface area contributed by atoms with Crippen LogP contribution in [0.25, 0.3) is 0 Å². The maximum Gasteiger partial charge on any atom is 0.365 e. The summed E-state index contributed by atoms with van der Waals surface area (Å²) >= 11 is 1.16. The molecule has 2 aromatic rings. The monoisotopic (exact) mass is 280 g/mol. The van der Waals surface area contributed by atoms with E-state index in [0.717, 1.165) is 35.6 Å². The van der Waals surface area contributed by atoms with Crippen molar-refractivity contribution in [2.45, 2.75) is 32.4 Å². The first-order valence-corrected chi connectivity index (χ1v) is 6.96. The van der Waals surface area contributed by atoms with E-state index in [1.54, 1.807) is 11.6 Å². The standard InChI is InChI=1S/C13H16N2O3S/c1-9(4-5-11-3-2-6-18-11)14-7-10-8-19-12(15-10)13(16)17/h2-3,6,8-9,14H,4-5,7H2,1H3,(H,16,17). The fourth-order valence-electron chi connectivity index (χ4n) is 1.68. The summed E-state index contributed by atoms with van der Waals surface area (Å²) in [6, 6.07) is 4.17. The molecule has 6 heteroatoms. The van der Waals surface area contributed by atoms with Crippen molar-refractivity contribution in [1.82, 2.24) is 10.3 Å². The molecule has 1 unspecified atom stereocenters. The maximum atomic E-state index is 10.7. The van der Waals surface area contributed by atoms with Crippen molar-refractivity contribution < 1.29 is 14.3 Å². The number of aromatic carboxylic acids is 1. The Hall–Kier alpha value is -1.66. The summed E-state index contributed by atoms with van der Waals surface area (Å²) in [6.45, 7) is 2.68. The molecule has 0 saturated carbocycles. The van der Waals surface area contributed by atoms with Gasteiger partial charge in [-0.1, -0.05) is 0 Å². The molecule has 0 bridgehead atoms. The summed E-state index contributed by atoms with van der Waals surface area (Å²) < 4.78 is 5.27. The molecule has 0 aliphatic rings. The van der Waals surface area contributed by atoms with Crippen molar-refractivity contribution in [3.8, 4) is 0 Å². The maximum absolute atomic E-state index is 10.7. The fourth-order valence-corrected chi connectivity index (χ4v) is 2.34. The van der Waals surface area contributed by atoms with Gasteiger partial charge in [0.25, 0.3) is 0 Å². The highest BCUT2D eigenvalue weighted by Gasteiger charge is 2.10. The van der Waals surface area contributed by atoms with E-state index >= 15 is 0 Å². The zero-order chi connectivity index (χ0) is 13.7. The van der Waals surface area contributed by atoms with Gasteiger partial charge in [0.05, 0.1) is 12.0 Å². The van der Waals surface area contributed by atoms with Gasteiger partial charge in [-0.25, -0.2) is 9.78 Å². The molecule has 0 aromatic carbocycles. The Morgan fingerprint density at radius 1 is 1.63 bits per heavy atom. The van der Waals surface area contributed by atoms with Gasteiger partial charge in [0.15, 0.2) is 0 Å². The highest BCUT2D eigenvalue weighted by Crippen LogP contribution is 2.10. The second-order valence-electron chi connectivity index (χ2n) is 4.35. The number of hydrogen-bond donors (Lipinski definition) is 2. The van der Waals surface area contributed by atoms with Gasteiger partial charge in [-0.2, -0.15) is 0 Å². The average molecular weight is 280 g/mol. The van der Waals surface area contributed by atoms with E-state index in [1.165, 1.54) is 0 Å². The lowest BCUT2D eigenvalue weighted by molar-refractivity contribution is 0.0696. The molecule has 102 valence electrons. The van der Waals surface area contributed by atoms with E-state index in [2.05, 4.69) is 17.2 Å². The zero-order valence-corrected chi connectivity index (χ0v) is 11.4. The van der Waals surface area contributed by atoms with Crippen LogP contribution in [0.4, 0.5) is 0 Å². The Labute approximate surface area is 115 Å². The van der Waals surface area contributed by atoms with Crippen LogP contribution in [0.2, 0.25) is 0 Å². The van der Waals surface area contributed by atoms with Crippen LogP contribution in [-0.2, 0) is 13.0 Å².